The summed E-state index contributed by atoms with van der Waals surface area (Å²) in [5.74, 6) is -1.44. The minimum absolute atomic E-state index is 0.0632. The molecule has 6 heteroatoms. The normalized spacial score (nSPS) is 11.1. The molecular formula is C15H13BrO4S. The van der Waals surface area contributed by atoms with Crippen molar-refractivity contribution in [1.29, 1.82) is 0 Å². The highest BCUT2D eigenvalue weighted by atomic mass is 79.9. The molecule has 0 saturated heterocycles. The first-order valence-electron chi connectivity index (χ1n) is 6.15. The molecule has 0 unspecified atom stereocenters. The minimum Gasteiger partial charge on any atom is -0.460 e. The van der Waals surface area contributed by atoms with Crippen LogP contribution in [0.2, 0.25) is 0 Å². The number of carbonyl (C=O) groups excluding carboxylic acids is 1. The molecular weight excluding hydrogens is 356 g/mol. The first-order chi connectivity index (χ1) is 9.97. The number of rotatable bonds is 5. The fraction of sp³-hybridized carbons (Fsp3) is 0.133. The van der Waals surface area contributed by atoms with Gasteiger partial charge in [0.25, 0.3) is 0 Å². The van der Waals surface area contributed by atoms with Crippen molar-refractivity contribution in [2.24, 2.45) is 0 Å². The lowest BCUT2D eigenvalue weighted by molar-refractivity contribution is -0.141. The number of esters is 1. The van der Waals surface area contributed by atoms with Crippen molar-refractivity contribution in [3.05, 3.63) is 64.6 Å². The molecule has 2 rings (SSSR count). The zero-order valence-electron chi connectivity index (χ0n) is 11.0. The van der Waals surface area contributed by atoms with Crippen molar-refractivity contribution >= 4 is 31.7 Å². The maximum atomic E-state index is 12.1. The highest BCUT2D eigenvalue weighted by molar-refractivity contribution is 9.10. The van der Waals surface area contributed by atoms with Gasteiger partial charge >= 0.3 is 5.97 Å². The second kappa shape index (κ2) is 6.87. The molecule has 0 aromatic heterocycles. The summed E-state index contributed by atoms with van der Waals surface area (Å²) in [4.78, 5) is 11.8. The Bertz CT molecular complexity index is 726. The summed E-state index contributed by atoms with van der Waals surface area (Å²) in [5.41, 5.74) is 0.811. The molecule has 0 amide bonds. The van der Waals surface area contributed by atoms with Crippen LogP contribution in [0.25, 0.3) is 0 Å². The van der Waals surface area contributed by atoms with Gasteiger partial charge < -0.3 is 4.74 Å². The van der Waals surface area contributed by atoms with Crippen LogP contribution < -0.4 is 0 Å². The molecule has 0 aliphatic rings. The number of sulfone groups is 1. The lowest BCUT2D eigenvalue weighted by atomic mass is 10.2. The van der Waals surface area contributed by atoms with Crippen molar-refractivity contribution in [3.8, 4) is 0 Å². The van der Waals surface area contributed by atoms with E-state index in [-0.39, 0.29) is 11.5 Å². The van der Waals surface area contributed by atoms with Crippen LogP contribution in [0.3, 0.4) is 0 Å². The van der Waals surface area contributed by atoms with Gasteiger partial charge in [-0.2, -0.15) is 0 Å². The number of carbonyl (C=O) groups is 1. The van der Waals surface area contributed by atoms with Crippen LogP contribution >= 0.6 is 15.9 Å². The van der Waals surface area contributed by atoms with E-state index in [0.717, 1.165) is 5.56 Å². The highest BCUT2D eigenvalue weighted by Crippen LogP contribution is 2.17. The first-order valence-corrected chi connectivity index (χ1v) is 8.60. The largest absolute Gasteiger partial charge is 0.460 e. The average molecular weight is 369 g/mol. The predicted molar refractivity (Wildman–Crippen MR) is 82.4 cm³/mol. The molecule has 0 N–H and O–H groups in total. The molecule has 0 bridgehead atoms. The van der Waals surface area contributed by atoms with Gasteiger partial charge in [0, 0.05) is 4.47 Å². The molecule has 2 aromatic carbocycles. The van der Waals surface area contributed by atoms with Gasteiger partial charge in [0.15, 0.2) is 15.6 Å². The molecule has 0 aliphatic heterocycles. The Hall–Kier alpha value is -1.66. The van der Waals surface area contributed by atoms with E-state index in [1.165, 1.54) is 12.1 Å². The van der Waals surface area contributed by atoms with Crippen molar-refractivity contribution < 1.29 is 17.9 Å². The summed E-state index contributed by atoms with van der Waals surface area (Å²) in [7, 11) is -3.69. The van der Waals surface area contributed by atoms with Gasteiger partial charge in [0.1, 0.15) is 6.61 Å². The van der Waals surface area contributed by atoms with E-state index in [1.54, 1.807) is 24.3 Å². The molecule has 21 heavy (non-hydrogen) atoms. The van der Waals surface area contributed by atoms with E-state index in [9.17, 15) is 13.2 Å². The number of halogens is 1. The van der Waals surface area contributed by atoms with E-state index < -0.39 is 21.6 Å². The second-order valence-corrected chi connectivity index (χ2v) is 7.27. The summed E-state index contributed by atoms with van der Waals surface area (Å²) in [6.07, 6.45) is 0. The topological polar surface area (TPSA) is 60.4 Å². The smallest absolute Gasteiger partial charge is 0.321 e. The van der Waals surface area contributed by atoms with Gasteiger partial charge in [-0.3, -0.25) is 4.79 Å². The van der Waals surface area contributed by atoms with Gasteiger partial charge in [-0.1, -0.05) is 52.3 Å². The zero-order valence-corrected chi connectivity index (χ0v) is 13.4. The molecule has 0 spiro atoms. The summed E-state index contributed by atoms with van der Waals surface area (Å²) in [6, 6.07) is 15.3. The van der Waals surface area contributed by atoms with Gasteiger partial charge in [0.05, 0.1) is 4.90 Å². The average Bonchev–Trinajstić information content (AvgIpc) is 2.46. The third kappa shape index (κ3) is 4.68. The molecule has 0 aliphatic carbocycles. The lowest BCUT2D eigenvalue weighted by Gasteiger charge is -2.06. The summed E-state index contributed by atoms with van der Waals surface area (Å²) >= 11 is 3.20. The van der Waals surface area contributed by atoms with Crippen LogP contribution in [0.15, 0.2) is 64.0 Å². The van der Waals surface area contributed by atoms with E-state index in [0.29, 0.717) is 4.47 Å². The Balaban J connectivity index is 1.99. The van der Waals surface area contributed by atoms with Crippen molar-refractivity contribution in [2.45, 2.75) is 11.5 Å². The van der Waals surface area contributed by atoms with E-state index in [2.05, 4.69) is 15.9 Å². The molecule has 0 radical (unpaired) electrons. The van der Waals surface area contributed by atoms with Crippen LogP contribution in [0.4, 0.5) is 0 Å². The van der Waals surface area contributed by atoms with Gasteiger partial charge in [-0.25, -0.2) is 8.42 Å². The van der Waals surface area contributed by atoms with Crippen LogP contribution in [-0.2, 0) is 26.0 Å². The van der Waals surface area contributed by atoms with Crippen LogP contribution in [-0.4, -0.2) is 20.1 Å². The molecule has 0 atom stereocenters. The molecule has 110 valence electrons. The molecule has 4 nitrogen and oxygen atoms in total. The van der Waals surface area contributed by atoms with Crippen LogP contribution in [0.5, 0.6) is 0 Å². The summed E-state index contributed by atoms with van der Waals surface area (Å²) < 4.78 is 29.8. The SMILES string of the molecule is O=C(CS(=O)(=O)c1cccc(Br)c1)OCc1ccccc1. The number of ether oxygens (including phenoxy) is 1. The molecule has 0 heterocycles. The van der Waals surface area contributed by atoms with Crippen molar-refractivity contribution in [2.75, 3.05) is 5.75 Å². The maximum absolute atomic E-state index is 12.1. The van der Waals surface area contributed by atoms with E-state index in [4.69, 9.17) is 4.74 Å². The van der Waals surface area contributed by atoms with Crippen molar-refractivity contribution in [3.63, 3.8) is 0 Å². The Morgan fingerprint density at radius 2 is 1.76 bits per heavy atom. The third-order valence-corrected chi connectivity index (χ3v) is 4.79. The Labute approximate surface area is 131 Å². The monoisotopic (exact) mass is 368 g/mol. The molecule has 2 aromatic rings. The fourth-order valence-electron chi connectivity index (χ4n) is 1.68. The third-order valence-electron chi connectivity index (χ3n) is 2.71. The zero-order chi connectivity index (χ0) is 15.3. The first kappa shape index (κ1) is 15.7. The molecule has 0 saturated carbocycles. The Morgan fingerprint density at radius 1 is 1.05 bits per heavy atom. The minimum atomic E-state index is -3.69. The van der Waals surface area contributed by atoms with Crippen LogP contribution in [0.1, 0.15) is 5.56 Å². The second-order valence-electron chi connectivity index (χ2n) is 4.36. The van der Waals surface area contributed by atoms with Crippen molar-refractivity contribution in [1.82, 2.24) is 0 Å². The maximum Gasteiger partial charge on any atom is 0.321 e. The number of benzene rings is 2. The van der Waals surface area contributed by atoms with Gasteiger partial charge in [-0.15, -0.1) is 0 Å². The van der Waals surface area contributed by atoms with E-state index in [1.807, 2.05) is 18.2 Å². The molecule has 0 fully saturated rings. The van der Waals surface area contributed by atoms with Gasteiger partial charge in [0.2, 0.25) is 0 Å². The standard InChI is InChI=1S/C15H13BrO4S/c16-13-7-4-8-14(9-13)21(18,19)11-15(17)20-10-12-5-2-1-3-6-12/h1-9H,10-11H2. The summed E-state index contributed by atoms with van der Waals surface area (Å²) in [6.45, 7) is 0.0632. The predicted octanol–water partition coefficient (Wildman–Crippen LogP) is 2.97. The highest BCUT2D eigenvalue weighted by Gasteiger charge is 2.20. The lowest BCUT2D eigenvalue weighted by Crippen LogP contribution is -2.18. The number of hydrogen-bond donors (Lipinski definition) is 0. The number of hydrogen-bond acceptors (Lipinski definition) is 4. The van der Waals surface area contributed by atoms with Crippen LogP contribution in [0, 0.1) is 0 Å². The summed E-state index contributed by atoms with van der Waals surface area (Å²) in [5, 5.41) is 0. The van der Waals surface area contributed by atoms with Gasteiger partial charge in [-0.05, 0) is 23.8 Å². The fourth-order valence-corrected chi connectivity index (χ4v) is 3.38. The Kier molecular flexibility index (Phi) is 5.14. The Morgan fingerprint density at radius 3 is 2.43 bits per heavy atom. The van der Waals surface area contributed by atoms with E-state index >= 15 is 0 Å². The quantitative estimate of drug-likeness (QED) is 0.761.